The first-order valence-electron chi connectivity index (χ1n) is 13.8. The lowest BCUT2D eigenvalue weighted by atomic mass is 9.90. The summed E-state index contributed by atoms with van der Waals surface area (Å²) in [4.78, 5) is 14.8. The van der Waals surface area contributed by atoms with Crippen molar-refractivity contribution in [2.24, 2.45) is 10.9 Å². The molecule has 0 aliphatic heterocycles. The minimum atomic E-state index is 0.463. The van der Waals surface area contributed by atoms with Crippen LogP contribution in [0.25, 0.3) is 0 Å². The number of aliphatic imine (C=N–C) groups is 1. The molecule has 36 heavy (non-hydrogen) atoms. The molecule has 2 aliphatic carbocycles. The Kier molecular flexibility index (Phi) is 13.4. The molecule has 1 aromatic heterocycles. The van der Waals surface area contributed by atoms with E-state index in [1.165, 1.54) is 64.2 Å². The highest BCUT2D eigenvalue weighted by Gasteiger charge is 2.20. The smallest absolute Gasteiger partial charge is 0.209 e. The van der Waals surface area contributed by atoms with Crippen LogP contribution in [0.4, 0.5) is 5.69 Å². The number of anilines is 1. The summed E-state index contributed by atoms with van der Waals surface area (Å²) in [6, 6.07) is 4.16. The van der Waals surface area contributed by atoms with Crippen molar-refractivity contribution in [3.63, 3.8) is 0 Å². The number of guanidine groups is 1. The quantitative estimate of drug-likeness (QED) is 0.0641. The van der Waals surface area contributed by atoms with Crippen LogP contribution in [-0.4, -0.2) is 46.9 Å². The first-order valence-corrected chi connectivity index (χ1v) is 14.2. The lowest BCUT2D eigenvalue weighted by molar-refractivity contribution is -0.118. The fourth-order valence-corrected chi connectivity index (χ4v) is 5.22. The van der Waals surface area contributed by atoms with E-state index in [4.69, 9.17) is 22.3 Å². The van der Waals surface area contributed by atoms with E-state index >= 15 is 0 Å². The van der Waals surface area contributed by atoms with Gasteiger partial charge in [-0.25, -0.2) is 5.06 Å². The van der Waals surface area contributed by atoms with Crippen molar-refractivity contribution < 1.29 is 4.84 Å². The molecule has 0 atom stereocenters. The van der Waals surface area contributed by atoms with Crippen LogP contribution in [0, 0.1) is 17.4 Å². The molecule has 0 amide bonds. The van der Waals surface area contributed by atoms with Gasteiger partial charge in [0.15, 0.2) is 11.3 Å². The number of unbranched alkanes of at least 4 members (excludes halogenated alkanes) is 3. The highest BCUT2D eigenvalue weighted by molar-refractivity contribution is 7.80. The maximum Gasteiger partial charge on any atom is 0.209 e. The molecule has 0 spiro atoms. The predicted octanol–water partition coefficient (Wildman–Crippen LogP) is 5.50. The van der Waals surface area contributed by atoms with Crippen LogP contribution in [0.5, 0.6) is 0 Å². The number of nitrogens with one attached hydrogen (secondary N) is 3. The van der Waals surface area contributed by atoms with Gasteiger partial charge in [0.25, 0.3) is 0 Å². The topological polar surface area (TPSA) is 97.6 Å². The molecule has 0 aromatic carbocycles. The van der Waals surface area contributed by atoms with Gasteiger partial charge in [0.1, 0.15) is 0 Å². The molecule has 9 heteroatoms. The summed E-state index contributed by atoms with van der Waals surface area (Å²) in [5.41, 5.74) is 0.845. The van der Waals surface area contributed by atoms with Gasteiger partial charge in [0.05, 0.1) is 6.61 Å². The fraction of sp³-hybridized carbons (Fsp3) is 0.704. The molecule has 2 saturated carbocycles. The third-order valence-electron chi connectivity index (χ3n) is 7.01. The van der Waals surface area contributed by atoms with Crippen LogP contribution < -0.4 is 16.0 Å². The third kappa shape index (κ3) is 11.1. The Morgan fingerprint density at radius 2 is 1.72 bits per heavy atom. The van der Waals surface area contributed by atoms with Crippen LogP contribution in [0.15, 0.2) is 29.5 Å². The predicted molar refractivity (Wildman–Crippen MR) is 149 cm³/mol. The van der Waals surface area contributed by atoms with Crippen LogP contribution in [0.1, 0.15) is 89.9 Å². The van der Waals surface area contributed by atoms with Crippen LogP contribution in [-0.2, 0) is 4.84 Å². The second kappa shape index (κ2) is 17.1. The molecule has 1 heterocycles. The Balaban J connectivity index is 1.38. The average Bonchev–Trinajstić information content (AvgIpc) is 2.91. The number of aromatic nitrogens is 1. The van der Waals surface area contributed by atoms with Gasteiger partial charge in [-0.2, -0.15) is 5.26 Å². The number of thiocarbonyl (C=S) groups is 1. The highest BCUT2D eigenvalue weighted by atomic mass is 32.1. The molecule has 8 nitrogen and oxygen atoms in total. The molecule has 1 aromatic rings. The summed E-state index contributed by atoms with van der Waals surface area (Å²) in [6.45, 7) is 2.26. The van der Waals surface area contributed by atoms with Crippen molar-refractivity contribution in [1.82, 2.24) is 20.7 Å². The monoisotopic (exact) mass is 513 g/mol. The number of nitriles is 1. The molecule has 3 rings (SSSR count). The maximum atomic E-state index is 8.99. The maximum absolute atomic E-state index is 8.99. The second-order valence-electron chi connectivity index (χ2n) is 9.93. The van der Waals surface area contributed by atoms with Crippen molar-refractivity contribution in [3.8, 4) is 6.19 Å². The summed E-state index contributed by atoms with van der Waals surface area (Å²) in [5, 5.41) is 21.0. The third-order valence-corrected chi connectivity index (χ3v) is 7.33. The zero-order chi connectivity index (χ0) is 25.3. The Labute approximate surface area is 222 Å². The van der Waals surface area contributed by atoms with Crippen LogP contribution >= 0.6 is 12.2 Å². The Morgan fingerprint density at radius 3 is 2.44 bits per heavy atom. The van der Waals surface area contributed by atoms with Crippen molar-refractivity contribution in [2.45, 2.75) is 95.9 Å². The SMILES string of the molecule is N#CNC(=NCCCCCCN(OCC1CCCCC1)C(=S)NC1CCCCC1)Nc1ccncc1. The molecule has 198 valence electrons. The van der Waals surface area contributed by atoms with Crippen LogP contribution in [0.3, 0.4) is 0 Å². The highest BCUT2D eigenvalue weighted by Crippen LogP contribution is 2.24. The Hall–Kier alpha value is -2.44. The van der Waals surface area contributed by atoms with E-state index < -0.39 is 0 Å². The van der Waals surface area contributed by atoms with Crippen molar-refractivity contribution >= 4 is 29.0 Å². The minimum Gasteiger partial charge on any atom is -0.358 e. The molecule has 2 aliphatic rings. The van der Waals surface area contributed by atoms with Crippen molar-refractivity contribution in [2.75, 3.05) is 25.0 Å². The lowest BCUT2D eigenvalue weighted by Gasteiger charge is -2.31. The number of hydrogen-bond donors (Lipinski definition) is 3. The van der Waals surface area contributed by atoms with E-state index in [0.29, 0.717) is 24.5 Å². The number of rotatable bonds is 12. The van der Waals surface area contributed by atoms with E-state index in [2.05, 4.69) is 25.9 Å². The van der Waals surface area contributed by atoms with Crippen molar-refractivity contribution in [3.05, 3.63) is 24.5 Å². The number of pyridine rings is 1. The molecule has 0 unspecified atom stereocenters. The van der Waals surface area contributed by atoms with Crippen LogP contribution in [0.2, 0.25) is 0 Å². The molecular weight excluding hydrogens is 470 g/mol. The zero-order valence-electron chi connectivity index (χ0n) is 21.6. The normalized spacial score (nSPS) is 17.2. The Bertz CT molecular complexity index is 817. The number of nitrogens with zero attached hydrogens (tertiary/aromatic N) is 4. The van der Waals surface area contributed by atoms with E-state index in [-0.39, 0.29) is 0 Å². The van der Waals surface area contributed by atoms with E-state index in [1.807, 2.05) is 23.4 Å². The lowest BCUT2D eigenvalue weighted by Crippen LogP contribution is -2.46. The zero-order valence-corrected chi connectivity index (χ0v) is 22.4. The van der Waals surface area contributed by atoms with Gasteiger partial charge in [0.2, 0.25) is 5.96 Å². The molecule has 0 bridgehead atoms. The second-order valence-corrected chi connectivity index (χ2v) is 10.3. The van der Waals surface area contributed by atoms with Crippen molar-refractivity contribution in [1.29, 1.82) is 5.26 Å². The van der Waals surface area contributed by atoms with Gasteiger partial charge in [-0.05, 0) is 68.8 Å². The van der Waals surface area contributed by atoms with E-state index in [1.54, 1.807) is 12.4 Å². The van der Waals surface area contributed by atoms with Gasteiger partial charge < -0.3 is 10.6 Å². The van der Waals surface area contributed by atoms with Gasteiger partial charge in [-0.1, -0.05) is 51.4 Å². The summed E-state index contributed by atoms with van der Waals surface area (Å²) in [7, 11) is 0. The fourth-order valence-electron chi connectivity index (χ4n) is 4.91. The molecule has 3 N–H and O–H groups in total. The van der Waals surface area contributed by atoms with Gasteiger partial charge in [0, 0.05) is 37.2 Å². The average molecular weight is 514 g/mol. The summed E-state index contributed by atoms with van der Waals surface area (Å²) < 4.78 is 0. The molecular formula is C27H43N7OS. The Morgan fingerprint density at radius 1 is 1.03 bits per heavy atom. The summed E-state index contributed by atoms with van der Waals surface area (Å²) in [5.74, 6) is 1.12. The molecule has 0 radical (unpaired) electrons. The van der Waals surface area contributed by atoms with E-state index in [0.717, 1.165) is 49.6 Å². The largest absolute Gasteiger partial charge is 0.358 e. The first-order chi connectivity index (χ1) is 17.7. The van der Waals surface area contributed by atoms with Gasteiger partial charge >= 0.3 is 0 Å². The molecule has 2 fully saturated rings. The standard InChI is InChI=1S/C27H43N7OS/c28-22-31-26(32-25-15-18-29-19-16-25)30-17-9-1-2-10-20-34(35-21-23-11-5-3-6-12-23)27(36)33-24-13-7-4-8-14-24/h15-16,18-19,23-24H,1-14,17,20-21H2,(H,33,36)(H2,29,30,31,32). The number of hydroxylamine groups is 2. The molecule has 0 saturated heterocycles. The number of hydrogen-bond acceptors (Lipinski definition) is 5. The summed E-state index contributed by atoms with van der Waals surface area (Å²) in [6.07, 6.45) is 22.4. The van der Waals surface area contributed by atoms with Gasteiger partial charge in [-0.3, -0.25) is 20.1 Å². The first kappa shape index (κ1) is 28.1. The minimum absolute atomic E-state index is 0.463. The summed E-state index contributed by atoms with van der Waals surface area (Å²) >= 11 is 5.78. The van der Waals surface area contributed by atoms with E-state index in [9.17, 15) is 0 Å². The van der Waals surface area contributed by atoms with Gasteiger partial charge in [-0.15, -0.1) is 0 Å².